The van der Waals surface area contributed by atoms with E-state index in [0.717, 1.165) is 16.5 Å². The molecule has 0 unspecified atom stereocenters. The maximum absolute atomic E-state index is 12.4. The van der Waals surface area contributed by atoms with E-state index < -0.39 is 11.6 Å². The van der Waals surface area contributed by atoms with E-state index in [9.17, 15) is 14.4 Å². The number of Topliss-reactive ketones (excluding diaryl/α,β-unsaturated/α-hetero) is 1. The van der Waals surface area contributed by atoms with Crippen molar-refractivity contribution in [2.45, 2.75) is 33.8 Å². The van der Waals surface area contributed by atoms with Crippen LogP contribution >= 0.6 is 0 Å². The molecule has 0 fully saturated rings. The molecule has 0 aliphatic carbocycles. The van der Waals surface area contributed by atoms with Gasteiger partial charge in [-0.05, 0) is 50.1 Å². The van der Waals surface area contributed by atoms with Crippen LogP contribution in [-0.4, -0.2) is 18.9 Å². The van der Waals surface area contributed by atoms with E-state index >= 15 is 0 Å². The van der Waals surface area contributed by atoms with Gasteiger partial charge in [0.15, 0.2) is 5.78 Å². The minimum absolute atomic E-state index is 0.0538. The highest BCUT2D eigenvalue weighted by atomic mass is 16.5. The van der Waals surface area contributed by atoms with E-state index in [2.05, 4.69) is 0 Å². The molecule has 3 rings (SSSR count). The van der Waals surface area contributed by atoms with Crippen LogP contribution in [-0.2, 0) is 22.6 Å². The molecule has 1 heterocycles. The molecule has 6 nitrogen and oxygen atoms in total. The average Bonchev–Trinajstić information content (AvgIpc) is 2.69. The van der Waals surface area contributed by atoms with Gasteiger partial charge in [0.05, 0.1) is 13.5 Å². The number of esters is 1. The Bertz CT molecular complexity index is 1160. The number of ketones is 1. The second-order valence-corrected chi connectivity index (χ2v) is 6.90. The number of rotatable bonds is 6. The molecule has 0 aliphatic rings. The van der Waals surface area contributed by atoms with Gasteiger partial charge in [-0.3, -0.25) is 9.59 Å². The van der Waals surface area contributed by atoms with Crippen molar-refractivity contribution in [3.8, 4) is 5.75 Å². The molecule has 0 saturated heterocycles. The van der Waals surface area contributed by atoms with Crippen LogP contribution < -0.4 is 10.4 Å². The fourth-order valence-electron chi connectivity index (χ4n) is 3.14. The number of hydrogen-bond donors (Lipinski definition) is 0. The largest absolute Gasteiger partial charge is 0.496 e. The highest BCUT2D eigenvalue weighted by Gasteiger charge is 2.15. The van der Waals surface area contributed by atoms with Crippen molar-refractivity contribution in [1.29, 1.82) is 0 Å². The Morgan fingerprint density at radius 2 is 1.79 bits per heavy atom. The maximum Gasteiger partial charge on any atom is 0.336 e. The van der Waals surface area contributed by atoms with Gasteiger partial charge >= 0.3 is 11.6 Å². The number of aryl methyl sites for hydroxylation is 2. The first-order valence-corrected chi connectivity index (χ1v) is 9.16. The molecule has 0 spiro atoms. The third-order valence-electron chi connectivity index (χ3n) is 4.93. The van der Waals surface area contributed by atoms with Crippen molar-refractivity contribution in [3.63, 3.8) is 0 Å². The molecule has 29 heavy (non-hydrogen) atoms. The van der Waals surface area contributed by atoms with Gasteiger partial charge in [0.2, 0.25) is 0 Å². The van der Waals surface area contributed by atoms with Gasteiger partial charge in [-0.1, -0.05) is 12.1 Å². The SMILES string of the molecule is COc1ccc(C(C)=O)cc1CC(=O)OCc1cc(=O)oc2c(C)c(C)ccc12. The zero-order valence-electron chi connectivity index (χ0n) is 16.8. The Balaban J connectivity index is 1.82. The topological polar surface area (TPSA) is 82.8 Å². The van der Waals surface area contributed by atoms with Crippen LogP contribution in [0.15, 0.2) is 45.6 Å². The molecule has 0 aliphatic heterocycles. The summed E-state index contributed by atoms with van der Waals surface area (Å²) in [5.41, 5.74) is 3.52. The maximum atomic E-state index is 12.4. The minimum atomic E-state index is -0.493. The van der Waals surface area contributed by atoms with Crippen molar-refractivity contribution in [2.24, 2.45) is 0 Å². The molecule has 1 aromatic heterocycles. The molecule has 6 heteroatoms. The monoisotopic (exact) mass is 394 g/mol. The van der Waals surface area contributed by atoms with Crippen molar-refractivity contribution in [3.05, 3.63) is 74.6 Å². The summed E-state index contributed by atoms with van der Waals surface area (Å²) in [6.07, 6.45) is -0.0538. The van der Waals surface area contributed by atoms with E-state index in [4.69, 9.17) is 13.9 Å². The van der Waals surface area contributed by atoms with Gasteiger partial charge in [-0.15, -0.1) is 0 Å². The third-order valence-corrected chi connectivity index (χ3v) is 4.93. The predicted molar refractivity (Wildman–Crippen MR) is 108 cm³/mol. The van der Waals surface area contributed by atoms with Gasteiger partial charge in [-0.25, -0.2) is 4.79 Å². The minimum Gasteiger partial charge on any atom is -0.496 e. The number of fused-ring (bicyclic) bond motifs is 1. The van der Waals surface area contributed by atoms with Crippen molar-refractivity contribution < 1.29 is 23.5 Å². The molecule has 0 amide bonds. The van der Waals surface area contributed by atoms with E-state index in [1.165, 1.54) is 20.1 Å². The highest BCUT2D eigenvalue weighted by Crippen LogP contribution is 2.24. The lowest BCUT2D eigenvalue weighted by molar-refractivity contribution is -0.144. The third kappa shape index (κ3) is 4.37. The normalized spacial score (nSPS) is 10.8. The van der Waals surface area contributed by atoms with E-state index in [-0.39, 0.29) is 18.8 Å². The summed E-state index contributed by atoms with van der Waals surface area (Å²) in [7, 11) is 1.50. The van der Waals surface area contributed by atoms with Crippen LogP contribution in [0, 0.1) is 13.8 Å². The van der Waals surface area contributed by atoms with Crippen LogP contribution in [0.2, 0.25) is 0 Å². The number of ether oxygens (including phenoxy) is 2. The first-order chi connectivity index (χ1) is 13.8. The molecule has 150 valence electrons. The van der Waals surface area contributed by atoms with Crippen LogP contribution in [0.25, 0.3) is 11.0 Å². The summed E-state index contributed by atoms with van der Waals surface area (Å²) in [5, 5.41) is 0.733. The zero-order valence-corrected chi connectivity index (χ0v) is 16.8. The zero-order chi connectivity index (χ0) is 21.1. The molecule has 0 N–H and O–H groups in total. The smallest absolute Gasteiger partial charge is 0.336 e. The number of carbonyl (C=O) groups excluding carboxylic acids is 2. The van der Waals surface area contributed by atoms with Crippen LogP contribution in [0.3, 0.4) is 0 Å². The van der Waals surface area contributed by atoms with Gasteiger partial charge in [0.25, 0.3) is 0 Å². The predicted octanol–water partition coefficient (Wildman–Crippen LogP) is 3.91. The Morgan fingerprint density at radius 3 is 2.48 bits per heavy atom. The first-order valence-electron chi connectivity index (χ1n) is 9.16. The van der Waals surface area contributed by atoms with Crippen molar-refractivity contribution in [2.75, 3.05) is 7.11 Å². The van der Waals surface area contributed by atoms with Crippen LogP contribution in [0.1, 0.15) is 39.5 Å². The number of hydrogen-bond acceptors (Lipinski definition) is 6. The summed E-state index contributed by atoms with van der Waals surface area (Å²) >= 11 is 0. The summed E-state index contributed by atoms with van der Waals surface area (Å²) in [6, 6.07) is 10.0. The number of methoxy groups -OCH3 is 1. The van der Waals surface area contributed by atoms with E-state index in [1.54, 1.807) is 18.2 Å². The van der Waals surface area contributed by atoms with Gasteiger partial charge < -0.3 is 13.9 Å². The molecule has 2 aromatic carbocycles. The van der Waals surface area contributed by atoms with E-state index in [0.29, 0.717) is 28.0 Å². The molecular formula is C23H22O6. The molecular weight excluding hydrogens is 372 g/mol. The van der Waals surface area contributed by atoms with Gasteiger partial charge in [0, 0.05) is 28.1 Å². The fraction of sp³-hybridized carbons (Fsp3) is 0.261. The lowest BCUT2D eigenvalue weighted by atomic mass is 10.0. The molecule has 0 radical (unpaired) electrons. The lowest BCUT2D eigenvalue weighted by Gasteiger charge is -2.11. The van der Waals surface area contributed by atoms with Crippen molar-refractivity contribution in [1.82, 2.24) is 0 Å². The van der Waals surface area contributed by atoms with Crippen molar-refractivity contribution >= 4 is 22.7 Å². The highest BCUT2D eigenvalue weighted by molar-refractivity contribution is 5.94. The molecule has 3 aromatic rings. The van der Waals surface area contributed by atoms with E-state index in [1.807, 2.05) is 26.0 Å². The molecule has 0 atom stereocenters. The van der Waals surface area contributed by atoms with Gasteiger partial charge in [0.1, 0.15) is 17.9 Å². The summed E-state index contributed by atoms with van der Waals surface area (Å²) < 4.78 is 16.0. The summed E-state index contributed by atoms with van der Waals surface area (Å²) in [6.45, 7) is 5.21. The molecule has 0 bridgehead atoms. The Morgan fingerprint density at radius 1 is 1.03 bits per heavy atom. The Labute approximate surface area is 168 Å². The number of carbonyl (C=O) groups is 2. The molecule has 0 saturated carbocycles. The van der Waals surface area contributed by atoms with Crippen LogP contribution in [0.5, 0.6) is 5.75 Å². The first kappa shape index (κ1) is 20.3. The average molecular weight is 394 g/mol. The second kappa shape index (κ2) is 8.31. The van der Waals surface area contributed by atoms with Gasteiger partial charge in [-0.2, -0.15) is 0 Å². The van der Waals surface area contributed by atoms with Crippen LogP contribution in [0.4, 0.5) is 0 Å². The number of benzene rings is 2. The quantitative estimate of drug-likeness (QED) is 0.358. The Hall–Kier alpha value is -3.41. The Kier molecular flexibility index (Phi) is 5.82. The lowest BCUT2D eigenvalue weighted by Crippen LogP contribution is -2.11. The summed E-state index contributed by atoms with van der Waals surface area (Å²) in [5.74, 6) is -0.0894. The standard InChI is InChI=1S/C23H22O6/c1-13-5-7-19-18(11-22(26)29-23(19)14(13)2)12-28-21(25)10-17-9-16(15(3)24)6-8-20(17)27-4/h5-9,11H,10,12H2,1-4H3. The summed E-state index contributed by atoms with van der Waals surface area (Å²) in [4.78, 5) is 36.0. The fourth-order valence-corrected chi connectivity index (χ4v) is 3.14. The second-order valence-electron chi connectivity index (χ2n) is 6.90.